The SMILES string of the molecule is CC(C)OCN1CCC(C[N+](=O)[O-])CC1. The summed E-state index contributed by atoms with van der Waals surface area (Å²) in [6, 6.07) is 0. The molecule has 1 saturated heterocycles. The summed E-state index contributed by atoms with van der Waals surface area (Å²) in [5.41, 5.74) is 0. The number of rotatable bonds is 5. The molecule has 0 aliphatic carbocycles. The maximum atomic E-state index is 10.3. The Bertz CT molecular complexity index is 201. The van der Waals surface area contributed by atoms with Gasteiger partial charge in [0, 0.05) is 23.9 Å². The molecule has 5 heteroatoms. The van der Waals surface area contributed by atoms with Crippen molar-refractivity contribution in [2.45, 2.75) is 32.8 Å². The molecule has 1 fully saturated rings. The molecule has 88 valence electrons. The lowest BCUT2D eigenvalue weighted by Gasteiger charge is -2.30. The summed E-state index contributed by atoms with van der Waals surface area (Å²) in [5.74, 6) is 0.260. The first kappa shape index (κ1) is 12.4. The highest BCUT2D eigenvalue weighted by Gasteiger charge is 2.22. The monoisotopic (exact) mass is 216 g/mol. The Morgan fingerprint density at radius 1 is 1.47 bits per heavy atom. The molecule has 0 atom stereocenters. The number of hydrogen-bond acceptors (Lipinski definition) is 4. The summed E-state index contributed by atoms with van der Waals surface area (Å²) in [4.78, 5) is 12.3. The van der Waals surface area contributed by atoms with Gasteiger partial charge in [-0.2, -0.15) is 0 Å². The molecule has 1 heterocycles. The Morgan fingerprint density at radius 2 is 2.07 bits per heavy atom. The van der Waals surface area contributed by atoms with E-state index in [1.54, 1.807) is 0 Å². The molecule has 0 spiro atoms. The number of likely N-dealkylation sites (tertiary alicyclic amines) is 1. The van der Waals surface area contributed by atoms with Gasteiger partial charge in [-0.25, -0.2) is 0 Å². The first-order valence-electron chi connectivity index (χ1n) is 5.53. The highest BCUT2D eigenvalue weighted by molar-refractivity contribution is 4.70. The molecule has 0 aromatic carbocycles. The zero-order valence-corrected chi connectivity index (χ0v) is 9.52. The van der Waals surface area contributed by atoms with Crippen LogP contribution < -0.4 is 0 Å². The van der Waals surface area contributed by atoms with Crippen molar-refractivity contribution in [1.82, 2.24) is 4.90 Å². The van der Waals surface area contributed by atoms with E-state index >= 15 is 0 Å². The maximum absolute atomic E-state index is 10.3. The third kappa shape index (κ3) is 5.09. The van der Waals surface area contributed by atoms with Gasteiger partial charge in [0.2, 0.25) is 6.54 Å². The quantitative estimate of drug-likeness (QED) is 0.514. The van der Waals surface area contributed by atoms with Crippen LogP contribution in [0.2, 0.25) is 0 Å². The van der Waals surface area contributed by atoms with E-state index in [1.807, 2.05) is 13.8 Å². The molecule has 0 radical (unpaired) electrons. The second kappa shape index (κ2) is 6.02. The summed E-state index contributed by atoms with van der Waals surface area (Å²) in [7, 11) is 0. The number of nitrogens with zero attached hydrogens (tertiary/aromatic N) is 2. The zero-order chi connectivity index (χ0) is 11.3. The van der Waals surface area contributed by atoms with Crippen molar-refractivity contribution in [3.8, 4) is 0 Å². The van der Waals surface area contributed by atoms with Crippen LogP contribution in [-0.2, 0) is 4.74 Å². The van der Waals surface area contributed by atoms with Gasteiger partial charge in [-0.1, -0.05) is 0 Å². The molecule has 5 nitrogen and oxygen atoms in total. The smallest absolute Gasteiger partial charge is 0.206 e. The second-order valence-corrected chi connectivity index (χ2v) is 4.42. The third-order valence-corrected chi connectivity index (χ3v) is 2.70. The molecule has 0 aromatic heterocycles. The minimum atomic E-state index is -0.203. The second-order valence-electron chi connectivity index (χ2n) is 4.42. The Kier molecular flexibility index (Phi) is 4.98. The summed E-state index contributed by atoms with van der Waals surface area (Å²) >= 11 is 0. The van der Waals surface area contributed by atoms with Crippen LogP contribution in [0.3, 0.4) is 0 Å². The predicted octanol–water partition coefficient (Wildman–Crippen LogP) is 1.36. The molecule has 1 aliphatic rings. The molecule has 15 heavy (non-hydrogen) atoms. The van der Waals surface area contributed by atoms with Gasteiger partial charge in [-0.15, -0.1) is 0 Å². The summed E-state index contributed by atoms with van der Waals surface area (Å²) in [6.45, 7) is 6.65. The summed E-state index contributed by atoms with van der Waals surface area (Å²) in [5, 5.41) is 10.3. The van der Waals surface area contributed by atoms with E-state index in [0.717, 1.165) is 25.9 Å². The van der Waals surface area contributed by atoms with E-state index in [1.165, 1.54) is 0 Å². The number of nitro groups is 1. The fourth-order valence-electron chi connectivity index (χ4n) is 1.76. The fourth-order valence-corrected chi connectivity index (χ4v) is 1.76. The van der Waals surface area contributed by atoms with Crippen molar-refractivity contribution in [1.29, 1.82) is 0 Å². The third-order valence-electron chi connectivity index (χ3n) is 2.70. The Labute approximate surface area is 90.5 Å². The van der Waals surface area contributed by atoms with Gasteiger partial charge >= 0.3 is 0 Å². The predicted molar refractivity (Wildman–Crippen MR) is 57.2 cm³/mol. The van der Waals surface area contributed by atoms with Crippen LogP contribution in [0.1, 0.15) is 26.7 Å². The van der Waals surface area contributed by atoms with E-state index in [-0.39, 0.29) is 23.5 Å². The van der Waals surface area contributed by atoms with Gasteiger partial charge in [0.05, 0.1) is 12.8 Å². The summed E-state index contributed by atoms with van der Waals surface area (Å²) in [6.07, 6.45) is 2.09. The molecule has 1 aliphatic heterocycles. The van der Waals surface area contributed by atoms with Crippen molar-refractivity contribution in [3.05, 3.63) is 10.1 Å². The molecule has 0 saturated carbocycles. The highest BCUT2D eigenvalue weighted by Crippen LogP contribution is 2.17. The van der Waals surface area contributed by atoms with Gasteiger partial charge < -0.3 is 4.74 Å². The largest absolute Gasteiger partial charge is 0.363 e. The van der Waals surface area contributed by atoms with Gasteiger partial charge in [0.15, 0.2) is 0 Å². The van der Waals surface area contributed by atoms with Gasteiger partial charge in [0.25, 0.3) is 0 Å². The van der Waals surface area contributed by atoms with Crippen molar-refractivity contribution in [2.75, 3.05) is 26.4 Å². The molecular formula is C10H20N2O3. The minimum absolute atomic E-state index is 0.124. The molecule has 0 aromatic rings. The topological polar surface area (TPSA) is 55.6 Å². The molecule has 1 rings (SSSR count). The van der Waals surface area contributed by atoms with Crippen LogP contribution in [0, 0.1) is 16.0 Å². The van der Waals surface area contributed by atoms with E-state index in [2.05, 4.69) is 4.90 Å². The highest BCUT2D eigenvalue weighted by atomic mass is 16.6. The van der Waals surface area contributed by atoms with E-state index in [0.29, 0.717) is 6.73 Å². The van der Waals surface area contributed by atoms with E-state index in [4.69, 9.17) is 4.74 Å². The van der Waals surface area contributed by atoms with Gasteiger partial charge in [-0.05, 0) is 26.7 Å². The van der Waals surface area contributed by atoms with Crippen molar-refractivity contribution >= 4 is 0 Å². The van der Waals surface area contributed by atoms with Crippen LogP contribution in [0.25, 0.3) is 0 Å². The minimum Gasteiger partial charge on any atom is -0.363 e. The maximum Gasteiger partial charge on any atom is 0.206 e. The van der Waals surface area contributed by atoms with Crippen LogP contribution in [0.15, 0.2) is 0 Å². The van der Waals surface area contributed by atoms with E-state index < -0.39 is 0 Å². The molecule has 0 N–H and O–H groups in total. The molecule has 0 amide bonds. The molecular weight excluding hydrogens is 196 g/mol. The first-order chi connectivity index (χ1) is 7.08. The van der Waals surface area contributed by atoms with E-state index in [9.17, 15) is 10.1 Å². The fraction of sp³-hybridized carbons (Fsp3) is 1.00. The first-order valence-corrected chi connectivity index (χ1v) is 5.53. The summed E-state index contributed by atoms with van der Waals surface area (Å²) < 4.78 is 5.49. The number of hydrogen-bond donors (Lipinski definition) is 0. The van der Waals surface area contributed by atoms with Crippen LogP contribution in [0.4, 0.5) is 0 Å². The van der Waals surface area contributed by atoms with Gasteiger partial charge in [0.1, 0.15) is 0 Å². The van der Waals surface area contributed by atoms with Crippen LogP contribution >= 0.6 is 0 Å². The Balaban J connectivity index is 2.15. The molecule has 0 unspecified atom stereocenters. The molecule has 0 bridgehead atoms. The lowest BCUT2D eigenvalue weighted by atomic mass is 9.97. The Hall–Kier alpha value is -0.680. The average Bonchev–Trinajstić information content (AvgIpc) is 2.16. The number of ether oxygens (including phenoxy) is 1. The van der Waals surface area contributed by atoms with Crippen molar-refractivity contribution in [2.24, 2.45) is 5.92 Å². The van der Waals surface area contributed by atoms with Gasteiger partial charge in [-0.3, -0.25) is 15.0 Å². The van der Waals surface area contributed by atoms with Crippen LogP contribution in [0.5, 0.6) is 0 Å². The average molecular weight is 216 g/mol. The van der Waals surface area contributed by atoms with Crippen molar-refractivity contribution < 1.29 is 9.66 Å². The standard InChI is InChI=1S/C10H20N2O3/c1-9(2)15-8-11-5-3-10(4-6-11)7-12(13)14/h9-10H,3-8H2,1-2H3. The van der Waals surface area contributed by atoms with Crippen molar-refractivity contribution in [3.63, 3.8) is 0 Å². The number of piperidine rings is 1. The lowest BCUT2D eigenvalue weighted by molar-refractivity contribution is -0.489. The lowest BCUT2D eigenvalue weighted by Crippen LogP contribution is -2.37. The Morgan fingerprint density at radius 3 is 2.53 bits per heavy atom. The van der Waals surface area contributed by atoms with Crippen LogP contribution in [-0.4, -0.2) is 42.3 Å². The normalized spacial score (nSPS) is 19.7. The zero-order valence-electron chi connectivity index (χ0n) is 9.52.